The van der Waals surface area contributed by atoms with Crippen molar-refractivity contribution in [3.8, 4) is 17.3 Å². The highest BCUT2D eigenvalue weighted by Crippen LogP contribution is 2.20. The topological polar surface area (TPSA) is 90.1 Å². The van der Waals surface area contributed by atoms with Gasteiger partial charge in [0.1, 0.15) is 5.82 Å². The van der Waals surface area contributed by atoms with Gasteiger partial charge in [0.15, 0.2) is 6.61 Å². The molecule has 2 aromatic heterocycles. The van der Waals surface area contributed by atoms with Crippen LogP contribution >= 0.6 is 11.6 Å². The average Bonchev–Trinajstić information content (AvgIpc) is 3.14. The summed E-state index contributed by atoms with van der Waals surface area (Å²) in [6.07, 6.45) is -1.33. The standard InChI is InChI=1S/C16H10ClF3N4O3/c17-10-3-2-9(5-11(10)18)22-15(25)16-23-14(24-27-16)8-1-4-13(21-6-8)26-7-12(19)20/h1-6,12H,7H2,(H,22,25). The van der Waals surface area contributed by atoms with Crippen LogP contribution in [0, 0.1) is 5.82 Å². The van der Waals surface area contributed by atoms with Crippen LogP contribution in [0.3, 0.4) is 0 Å². The Morgan fingerprint density at radius 3 is 2.78 bits per heavy atom. The molecule has 0 aliphatic rings. The van der Waals surface area contributed by atoms with E-state index in [0.717, 1.165) is 6.07 Å². The summed E-state index contributed by atoms with van der Waals surface area (Å²) in [6.45, 7) is -0.774. The number of rotatable bonds is 6. The van der Waals surface area contributed by atoms with E-state index in [0.29, 0.717) is 5.56 Å². The summed E-state index contributed by atoms with van der Waals surface area (Å²) < 4.78 is 47.2. The molecule has 0 aliphatic carbocycles. The van der Waals surface area contributed by atoms with E-state index in [2.05, 4.69) is 20.4 Å². The lowest BCUT2D eigenvalue weighted by Gasteiger charge is -2.03. The van der Waals surface area contributed by atoms with Crippen molar-refractivity contribution in [3.63, 3.8) is 0 Å². The minimum atomic E-state index is -2.61. The molecule has 0 spiro atoms. The van der Waals surface area contributed by atoms with Gasteiger partial charge in [-0.15, -0.1) is 0 Å². The SMILES string of the molecule is O=C(Nc1ccc(Cl)c(F)c1)c1nc(-c2ccc(OCC(F)F)nc2)no1. The third-order valence-electron chi connectivity index (χ3n) is 3.15. The fourth-order valence-electron chi connectivity index (χ4n) is 1.94. The molecule has 0 unspecified atom stereocenters. The van der Waals surface area contributed by atoms with Gasteiger partial charge in [-0.2, -0.15) is 4.98 Å². The normalized spacial score (nSPS) is 10.9. The molecule has 27 heavy (non-hydrogen) atoms. The number of alkyl halides is 2. The van der Waals surface area contributed by atoms with Gasteiger partial charge < -0.3 is 14.6 Å². The van der Waals surface area contributed by atoms with E-state index in [4.69, 9.17) is 20.9 Å². The van der Waals surface area contributed by atoms with Gasteiger partial charge >= 0.3 is 11.8 Å². The molecule has 3 rings (SSSR count). The van der Waals surface area contributed by atoms with Crippen LogP contribution in [0.25, 0.3) is 11.4 Å². The number of anilines is 1. The number of halogens is 4. The fourth-order valence-corrected chi connectivity index (χ4v) is 2.06. The number of nitrogens with zero attached hydrogens (tertiary/aromatic N) is 3. The molecule has 2 heterocycles. The maximum Gasteiger partial charge on any atom is 0.316 e. The Balaban J connectivity index is 1.68. The maximum absolute atomic E-state index is 13.4. The first-order valence-electron chi connectivity index (χ1n) is 7.40. The van der Waals surface area contributed by atoms with Crippen LogP contribution in [0.2, 0.25) is 5.02 Å². The Labute approximate surface area is 155 Å². The van der Waals surface area contributed by atoms with Crippen molar-refractivity contribution in [2.24, 2.45) is 0 Å². The summed E-state index contributed by atoms with van der Waals surface area (Å²) in [5.41, 5.74) is 0.531. The van der Waals surface area contributed by atoms with Crippen LogP contribution < -0.4 is 10.1 Å². The lowest BCUT2D eigenvalue weighted by molar-refractivity contribution is 0.0796. The van der Waals surface area contributed by atoms with Crippen LogP contribution in [0.15, 0.2) is 41.1 Å². The number of benzene rings is 1. The molecule has 0 saturated heterocycles. The Morgan fingerprint density at radius 2 is 2.11 bits per heavy atom. The monoisotopic (exact) mass is 398 g/mol. The van der Waals surface area contributed by atoms with Crippen molar-refractivity contribution >= 4 is 23.2 Å². The van der Waals surface area contributed by atoms with E-state index < -0.39 is 24.8 Å². The lowest BCUT2D eigenvalue weighted by Crippen LogP contribution is -2.12. The molecule has 3 aromatic rings. The third-order valence-corrected chi connectivity index (χ3v) is 3.46. The summed E-state index contributed by atoms with van der Waals surface area (Å²) in [5.74, 6) is -1.75. The minimum Gasteiger partial charge on any atom is -0.472 e. The number of carbonyl (C=O) groups excluding carboxylic acids is 1. The zero-order valence-corrected chi connectivity index (χ0v) is 14.1. The van der Waals surface area contributed by atoms with Crippen molar-refractivity contribution in [3.05, 3.63) is 53.3 Å². The number of nitrogens with one attached hydrogen (secondary N) is 1. The minimum absolute atomic E-state index is 0.00489. The Morgan fingerprint density at radius 1 is 1.30 bits per heavy atom. The van der Waals surface area contributed by atoms with E-state index in [-0.39, 0.29) is 28.3 Å². The Hall–Kier alpha value is -3.14. The van der Waals surface area contributed by atoms with Gasteiger partial charge in [0.25, 0.3) is 6.43 Å². The van der Waals surface area contributed by atoms with Crippen molar-refractivity contribution in [1.29, 1.82) is 0 Å². The summed E-state index contributed by atoms with van der Waals surface area (Å²) >= 11 is 5.57. The molecule has 1 aromatic carbocycles. The second-order valence-electron chi connectivity index (χ2n) is 5.09. The van der Waals surface area contributed by atoms with Crippen LogP contribution in [0.5, 0.6) is 5.88 Å². The number of amides is 1. The molecule has 11 heteroatoms. The molecule has 1 N–H and O–H groups in total. The quantitative estimate of drug-likeness (QED) is 0.679. The van der Waals surface area contributed by atoms with Crippen molar-refractivity contribution in [2.75, 3.05) is 11.9 Å². The van der Waals surface area contributed by atoms with Gasteiger partial charge in [-0.3, -0.25) is 4.79 Å². The second kappa shape index (κ2) is 8.04. The number of hydrogen-bond acceptors (Lipinski definition) is 6. The average molecular weight is 399 g/mol. The molecule has 0 saturated carbocycles. The molecule has 140 valence electrons. The van der Waals surface area contributed by atoms with E-state index in [1.54, 1.807) is 0 Å². The molecule has 0 fully saturated rings. The summed E-state index contributed by atoms with van der Waals surface area (Å²) in [7, 11) is 0. The van der Waals surface area contributed by atoms with Crippen LogP contribution in [-0.2, 0) is 0 Å². The van der Waals surface area contributed by atoms with E-state index in [9.17, 15) is 18.0 Å². The zero-order valence-electron chi connectivity index (χ0n) is 13.3. The highest BCUT2D eigenvalue weighted by molar-refractivity contribution is 6.30. The van der Waals surface area contributed by atoms with Crippen LogP contribution in [0.4, 0.5) is 18.9 Å². The number of hydrogen-bond donors (Lipinski definition) is 1. The van der Waals surface area contributed by atoms with Crippen molar-refractivity contribution in [2.45, 2.75) is 6.43 Å². The molecule has 7 nitrogen and oxygen atoms in total. The first-order chi connectivity index (χ1) is 12.9. The fraction of sp³-hybridized carbons (Fsp3) is 0.125. The van der Waals surface area contributed by atoms with E-state index in [1.807, 2.05) is 0 Å². The highest BCUT2D eigenvalue weighted by atomic mass is 35.5. The van der Waals surface area contributed by atoms with Crippen molar-refractivity contribution in [1.82, 2.24) is 15.1 Å². The summed E-state index contributed by atoms with van der Waals surface area (Å²) in [4.78, 5) is 19.8. The predicted octanol–water partition coefficient (Wildman–Crippen LogP) is 3.82. The van der Waals surface area contributed by atoms with Crippen molar-refractivity contribution < 1.29 is 27.2 Å². The molecular formula is C16H10ClF3N4O3. The molecule has 0 atom stereocenters. The summed E-state index contributed by atoms with van der Waals surface area (Å²) in [6, 6.07) is 6.55. The second-order valence-corrected chi connectivity index (χ2v) is 5.50. The highest BCUT2D eigenvalue weighted by Gasteiger charge is 2.17. The molecule has 0 aliphatic heterocycles. The maximum atomic E-state index is 13.4. The van der Waals surface area contributed by atoms with Crippen LogP contribution in [-0.4, -0.2) is 34.1 Å². The first-order valence-corrected chi connectivity index (χ1v) is 7.77. The smallest absolute Gasteiger partial charge is 0.316 e. The van der Waals surface area contributed by atoms with Gasteiger partial charge in [-0.25, -0.2) is 18.2 Å². The molecule has 0 radical (unpaired) electrons. The van der Waals surface area contributed by atoms with Crippen LogP contribution in [0.1, 0.15) is 10.7 Å². The third kappa shape index (κ3) is 4.73. The number of ether oxygens (including phenoxy) is 1. The van der Waals surface area contributed by atoms with Gasteiger partial charge in [-0.1, -0.05) is 16.8 Å². The largest absolute Gasteiger partial charge is 0.472 e. The number of pyridine rings is 1. The van der Waals surface area contributed by atoms with Gasteiger partial charge in [0, 0.05) is 23.5 Å². The zero-order chi connectivity index (χ0) is 19.4. The molecule has 0 bridgehead atoms. The predicted molar refractivity (Wildman–Crippen MR) is 88.4 cm³/mol. The first kappa shape index (κ1) is 18.6. The van der Waals surface area contributed by atoms with E-state index in [1.165, 1.54) is 30.5 Å². The lowest BCUT2D eigenvalue weighted by atomic mass is 10.3. The molecule has 1 amide bonds. The number of carbonyl (C=O) groups is 1. The van der Waals surface area contributed by atoms with Gasteiger partial charge in [0.05, 0.1) is 5.02 Å². The Bertz CT molecular complexity index is 950. The molecular weight excluding hydrogens is 389 g/mol. The Kier molecular flexibility index (Phi) is 5.55. The van der Waals surface area contributed by atoms with E-state index >= 15 is 0 Å². The summed E-state index contributed by atoms with van der Waals surface area (Å²) in [5, 5.41) is 5.95. The number of aromatic nitrogens is 3. The van der Waals surface area contributed by atoms with Gasteiger partial charge in [0.2, 0.25) is 11.7 Å². The van der Waals surface area contributed by atoms with Gasteiger partial charge in [-0.05, 0) is 24.3 Å².